The third-order valence-electron chi connectivity index (χ3n) is 5.77. The molecule has 1 unspecified atom stereocenters. The Morgan fingerprint density at radius 1 is 1.00 bits per heavy atom. The number of nitrogens with zero attached hydrogens (tertiary/aromatic N) is 1. The van der Waals surface area contributed by atoms with Crippen molar-refractivity contribution in [1.82, 2.24) is 4.90 Å². The molecule has 1 amide bonds. The fourth-order valence-corrected chi connectivity index (χ4v) is 4.06. The van der Waals surface area contributed by atoms with Crippen molar-refractivity contribution in [3.8, 4) is 0 Å². The molecular formula is C23H32ClF6NO2. The zero-order valence-corrected chi connectivity index (χ0v) is 19.8. The van der Waals surface area contributed by atoms with Gasteiger partial charge in [-0.1, -0.05) is 52.4 Å². The van der Waals surface area contributed by atoms with E-state index in [9.17, 15) is 31.1 Å². The first-order valence-electron chi connectivity index (χ1n) is 11.2. The summed E-state index contributed by atoms with van der Waals surface area (Å²) < 4.78 is 86.0. The molecule has 0 radical (unpaired) electrons. The van der Waals surface area contributed by atoms with E-state index in [1.54, 1.807) is 0 Å². The van der Waals surface area contributed by atoms with Crippen molar-refractivity contribution in [2.24, 2.45) is 0 Å². The molecule has 0 aromatic heterocycles. The third kappa shape index (κ3) is 8.35. The maximum atomic E-state index is 13.5. The number of halogens is 7. The van der Waals surface area contributed by atoms with Crippen LogP contribution in [0.4, 0.5) is 26.3 Å². The summed E-state index contributed by atoms with van der Waals surface area (Å²) in [5.74, 6) is -0.810. The minimum Gasteiger partial charge on any atom is -0.375 e. The Kier molecular flexibility index (Phi) is 11.5. The van der Waals surface area contributed by atoms with E-state index in [4.69, 9.17) is 4.74 Å². The fourth-order valence-electron chi connectivity index (χ4n) is 4.06. The zero-order valence-electron chi connectivity index (χ0n) is 18.9. The molecule has 1 fully saturated rings. The minimum absolute atomic E-state index is 0. The van der Waals surface area contributed by atoms with Gasteiger partial charge < -0.3 is 9.64 Å². The maximum absolute atomic E-state index is 13.5. The summed E-state index contributed by atoms with van der Waals surface area (Å²) in [6.07, 6.45) is -3.25. The van der Waals surface area contributed by atoms with Crippen molar-refractivity contribution >= 4 is 18.3 Å². The van der Waals surface area contributed by atoms with Crippen LogP contribution in [0, 0.1) is 0 Å². The number of carbonyl (C=O) groups is 1. The number of rotatable bonds is 9. The van der Waals surface area contributed by atoms with Crippen LogP contribution >= 0.6 is 12.4 Å². The predicted molar refractivity (Wildman–Crippen MR) is 117 cm³/mol. The predicted octanol–water partition coefficient (Wildman–Crippen LogP) is 7.30. The van der Waals surface area contributed by atoms with Gasteiger partial charge in [0.25, 0.3) is 5.91 Å². The lowest BCUT2D eigenvalue weighted by Crippen LogP contribution is -2.46. The summed E-state index contributed by atoms with van der Waals surface area (Å²) >= 11 is 0. The Bertz CT molecular complexity index is 767. The molecule has 0 N–H and O–H groups in total. The number of hydrogen-bond acceptors (Lipinski definition) is 2. The highest BCUT2D eigenvalue weighted by Gasteiger charge is 2.40. The van der Waals surface area contributed by atoms with Crippen LogP contribution in [0.1, 0.15) is 85.8 Å². The van der Waals surface area contributed by atoms with Gasteiger partial charge in [0.15, 0.2) is 0 Å². The van der Waals surface area contributed by atoms with E-state index < -0.39 is 40.5 Å². The quantitative estimate of drug-likeness (QED) is 0.261. The Morgan fingerprint density at radius 3 is 2.21 bits per heavy atom. The van der Waals surface area contributed by atoms with Crippen LogP contribution in [0.3, 0.4) is 0 Å². The number of ether oxygens (including phenoxy) is 1. The molecule has 1 aromatic rings. The Morgan fingerprint density at radius 2 is 1.64 bits per heavy atom. The van der Waals surface area contributed by atoms with E-state index in [1.807, 2.05) is 0 Å². The van der Waals surface area contributed by atoms with Gasteiger partial charge in [-0.15, -0.1) is 12.4 Å². The second kappa shape index (κ2) is 12.8. The number of amides is 1. The monoisotopic (exact) mass is 503 g/mol. The first-order valence-corrected chi connectivity index (χ1v) is 11.2. The topological polar surface area (TPSA) is 29.5 Å². The third-order valence-corrected chi connectivity index (χ3v) is 5.77. The number of benzene rings is 1. The molecule has 3 nitrogen and oxygen atoms in total. The van der Waals surface area contributed by atoms with Crippen LogP contribution in [0.25, 0.3) is 0 Å². The molecule has 33 heavy (non-hydrogen) atoms. The van der Waals surface area contributed by atoms with Crippen LogP contribution < -0.4 is 0 Å². The van der Waals surface area contributed by atoms with Gasteiger partial charge in [0.05, 0.1) is 23.8 Å². The van der Waals surface area contributed by atoms with E-state index in [-0.39, 0.29) is 50.7 Å². The van der Waals surface area contributed by atoms with Gasteiger partial charge in [0.1, 0.15) is 0 Å². The van der Waals surface area contributed by atoms with Gasteiger partial charge in [-0.05, 0) is 30.5 Å². The van der Waals surface area contributed by atoms with E-state index in [0.29, 0.717) is 12.5 Å². The molecule has 0 saturated carbocycles. The average Bonchev–Trinajstić information content (AvgIpc) is 2.73. The molecule has 1 heterocycles. The minimum atomic E-state index is -4.99. The molecule has 190 valence electrons. The van der Waals surface area contributed by atoms with Crippen molar-refractivity contribution < 1.29 is 35.9 Å². The summed E-state index contributed by atoms with van der Waals surface area (Å²) in [6, 6.07) is 0.644. The highest BCUT2D eigenvalue weighted by molar-refractivity contribution is 5.96. The second-order valence-corrected chi connectivity index (χ2v) is 8.20. The van der Waals surface area contributed by atoms with E-state index in [2.05, 4.69) is 6.92 Å². The lowest BCUT2D eigenvalue weighted by molar-refractivity contribution is -0.143. The van der Waals surface area contributed by atoms with Crippen molar-refractivity contribution in [2.75, 3.05) is 19.7 Å². The van der Waals surface area contributed by atoms with Crippen molar-refractivity contribution in [3.63, 3.8) is 0 Å². The average molecular weight is 504 g/mol. The molecule has 1 atom stereocenters. The molecule has 1 saturated heterocycles. The van der Waals surface area contributed by atoms with Gasteiger partial charge in [-0.25, -0.2) is 0 Å². The van der Waals surface area contributed by atoms with Gasteiger partial charge in [-0.3, -0.25) is 4.79 Å². The summed E-state index contributed by atoms with van der Waals surface area (Å²) in [4.78, 5) is 14.4. The Labute approximate surface area is 197 Å². The SMILES string of the molecule is CCCCCCCCC1CN(C(=O)c2cc(C(F)(F)F)cc(C(F)(F)F)c2CC)CCO1.Cl. The number of hydrogen-bond donors (Lipinski definition) is 0. The highest BCUT2D eigenvalue weighted by atomic mass is 35.5. The molecule has 0 aliphatic carbocycles. The maximum Gasteiger partial charge on any atom is 0.416 e. The number of carbonyl (C=O) groups excluding carboxylic acids is 1. The second-order valence-electron chi connectivity index (χ2n) is 8.20. The molecule has 2 rings (SSSR count). The summed E-state index contributed by atoms with van der Waals surface area (Å²) in [6.45, 7) is 4.03. The molecule has 1 aliphatic rings. The van der Waals surface area contributed by atoms with Crippen LogP contribution in [-0.4, -0.2) is 36.6 Å². The molecule has 1 aliphatic heterocycles. The largest absolute Gasteiger partial charge is 0.416 e. The van der Waals surface area contributed by atoms with Crippen LogP contribution in [0.2, 0.25) is 0 Å². The Hall–Kier alpha value is -1.48. The van der Waals surface area contributed by atoms with Crippen LogP contribution in [0.5, 0.6) is 0 Å². The van der Waals surface area contributed by atoms with Crippen molar-refractivity contribution in [1.29, 1.82) is 0 Å². The normalized spacial score (nSPS) is 17.1. The van der Waals surface area contributed by atoms with Gasteiger partial charge in [0.2, 0.25) is 0 Å². The summed E-state index contributed by atoms with van der Waals surface area (Å²) in [5.41, 5.74) is -3.82. The number of morpholine rings is 1. The molecular weight excluding hydrogens is 472 g/mol. The molecule has 1 aromatic carbocycles. The molecule has 0 spiro atoms. The van der Waals surface area contributed by atoms with Crippen molar-refractivity contribution in [2.45, 2.75) is 83.7 Å². The first kappa shape index (κ1) is 29.6. The summed E-state index contributed by atoms with van der Waals surface area (Å²) in [7, 11) is 0. The highest BCUT2D eigenvalue weighted by Crippen LogP contribution is 2.39. The van der Waals surface area contributed by atoms with Crippen LogP contribution in [-0.2, 0) is 23.5 Å². The standard InChI is InChI=1S/C23H31F6NO2.ClH/c1-3-5-6-7-8-9-10-17-15-30(11-12-32-17)21(31)19-13-16(22(24,25)26)14-20(18(19)4-2)23(27,28)29;/h13-14,17H,3-12,15H2,1-2H3;1H. The first-order chi connectivity index (χ1) is 15.0. The zero-order chi connectivity index (χ0) is 23.9. The van der Waals surface area contributed by atoms with Gasteiger partial charge in [0, 0.05) is 18.7 Å². The molecule has 10 heteroatoms. The van der Waals surface area contributed by atoms with Gasteiger partial charge in [-0.2, -0.15) is 26.3 Å². The number of unbranched alkanes of at least 4 members (excludes halogenated alkanes) is 5. The van der Waals surface area contributed by atoms with Crippen molar-refractivity contribution in [3.05, 3.63) is 34.4 Å². The fraction of sp³-hybridized carbons (Fsp3) is 0.696. The lowest BCUT2D eigenvalue weighted by atomic mass is 9.93. The van der Waals surface area contributed by atoms with Gasteiger partial charge >= 0.3 is 12.4 Å². The Balaban J connectivity index is 0.00000544. The van der Waals surface area contributed by atoms with Crippen LogP contribution in [0.15, 0.2) is 12.1 Å². The lowest BCUT2D eigenvalue weighted by Gasteiger charge is -2.34. The van der Waals surface area contributed by atoms with E-state index >= 15 is 0 Å². The summed E-state index contributed by atoms with van der Waals surface area (Å²) in [5, 5.41) is 0. The number of alkyl halides is 6. The molecule has 0 bridgehead atoms. The smallest absolute Gasteiger partial charge is 0.375 e. The van der Waals surface area contributed by atoms with E-state index in [0.717, 1.165) is 32.1 Å². The van der Waals surface area contributed by atoms with E-state index in [1.165, 1.54) is 18.2 Å².